The summed E-state index contributed by atoms with van der Waals surface area (Å²) in [6.45, 7) is 0.423. The molecule has 0 spiro atoms. The van der Waals surface area contributed by atoms with E-state index in [1.807, 2.05) is 23.7 Å². The molecule has 0 radical (unpaired) electrons. The van der Waals surface area contributed by atoms with E-state index < -0.39 is 5.82 Å². The van der Waals surface area contributed by atoms with Crippen molar-refractivity contribution in [1.29, 1.82) is 0 Å². The molecule has 0 saturated heterocycles. The molecule has 0 aliphatic rings. The van der Waals surface area contributed by atoms with Crippen LogP contribution in [0.25, 0.3) is 11.2 Å². The van der Waals surface area contributed by atoms with Gasteiger partial charge in [0.05, 0.1) is 0 Å². The number of pyridine rings is 1. The molecule has 3 aromatic rings. The zero-order valence-electron chi connectivity index (χ0n) is 12.1. The van der Waals surface area contributed by atoms with E-state index in [2.05, 4.69) is 15.3 Å². The molecule has 0 fully saturated rings. The lowest BCUT2D eigenvalue weighted by molar-refractivity contribution is 0.0953. The molecule has 1 amide bonds. The number of imidazole rings is 1. The number of carbonyl (C=O) groups is 1. The molecule has 0 aliphatic carbocycles. The summed E-state index contributed by atoms with van der Waals surface area (Å²) < 4.78 is 15.0. The van der Waals surface area contributed by atoms with Crippen LogP contribution < -0.4 is 5.32 Å². The van der Waals surface area contributed by atoms with Crippen molar-refractivity contribution in [2.45, 2.75) is 6.42 Å². The van der Waals surface area contributed by atoms with Crippen LogP contribution in [0.3, 0.4) is 0 Å². The van der Waals surface area contributed by atoms with Crippen LogP contribution in [0.5, 0.6) is 0 Å². The van der Waals surface area contributed by atoms with Gasteiger partial charge >= 0.3 is 0 Å². The Bertz CT molecular complexity index is 828. The van der Waals surface area contributed by atoms with Crippen molar-refractivity contribution >= 4 is 17.1 Å². The molecule has 1 N–H and O–H groups in total. The molecule has 2 heterocycles. The normalized spacial score (nSPS) is 10.8. The van der Waals surface area contributed by atoms with Crippen LogP contribution in [0, 0.1) is 5.82 Å². The number of benzene rings is 1. The average molecular weight is 298 g/mol. The van der Waals surface area contributed by atoms with E-state index in [0.29, 0.717) is 18.5 Å². The van der Waals surface area contributed by atoms with Gasteiger partial charge in [-0.05, 0) is 30.3 Å². The van der Waals surface area contributed by atoms with Gasteiger partial charge in [0.15, 0.2) is 5.65 Å². The molecule has 5 nitrogen and oxygen atoms in total. The summed E-state index contributed by atoms with van der Waals surface area (Å²) >= 11 is 0. The van der Waals surface area contributed by atoms with Gasteiger partial charge in [-0.2, -0.15) is 0 Å². The predicted octanol–water partition coefficient (Wildman–Crippen LogP) is 2.08. The minimum absolute atomic E-state index is 0.295. The van der Waals surface area contributed by atoms with Crippen molar-refractivity contribution in [2.24, 2.45) is 7.05 Å². The summed E-state index contributed by atoms with van der Waals surface area (Å²) in [5, 5.41) is 2.77. The molecule has 1 aromatic carbocycles. The van der Waals surface area contributed by atoms with Crippen molar-refractivity contribution < 1.29 is 9.18 Å². The number of amides is 1. The molecule has 3 rings (SSSR count). The number of rotatable bonds is 4. The first-order chi connectivity index (χ1) is 10.6. The van der Waals surface area contributed by atoms with Gasteiger partial charge in [-0.1, -0.05) is 6.07 Å². The van der Waals surface area contributed by atoms with Crippen LogP contribution in [0.15, 0.2) is 42.6 Å². The number of fused-ring (bicyclic) bond motifs is 1. The van der Waals surface area contributed by atoms with Crippen molar-refractivity contribution in [2.75, 3.05) is 6.54 Å². The smallest absolute Gasteiger partial charge is 0.251 e. The predicted molar refractivity (Wildman–Crippen MR) is 80.9 cm³/mol. The Hall–Kier alpha value is -2.76. The fraction of sp³-hybridized carbons (Fsp3) is 0.188. The summed E-state index contributed by atoms with van der Waals surface area (Å²) in [4.78, 5) is 20.7. The van der Waals surface area contributed by atoms with Crippen molar-refractivity contribution in [3.8, 4) is 0 Å². The standard InChI is InChI=1S/C16H15FN4O/c1-21-14(20-13-6-3-8-18-15(13)21)7-9-19-16(22)11-4-2-5-12(17)10-11/h2-6,8,10H,7,9H2,1H3,(H,19,22). The summed E-state index contributed by atoms with van der Waals surface area (Å²) in [7, 11) is 1.89. The van der Waals surface area contributed by atoms with Gasteiger partial charge in [-0.15, -0.1) is 0 Å². The van der Waals surface area contributed by atoms with Gasteiger partial charge < -0.3 is 9.88 Å². The van der Waals surface area contributed by atoms with E-state index in [1.54, 1.807) is 12.3 Å². The van der Waals surface area contributed by atoms with Crippen molar-refractivity contribution in [1.82, 2.24) is 19.9 Å². The highest BCUT2D eigenvalue weighted by Crippen LogP contribution is 2.11. The highest BCUT2D eigenvalue weighted by atomic mass is 19.1. The van der Waals surface area contributed by atoms with E-state index in [9.17, 15) is 9.18 Å². The highest BCUT2D eigenvalue weighted by molar-refractivity contribution is 5.94. The summed E-state index contributed by atoms with van der Waals surface area (Å²) in [5.74, 6) is 0.124. The SMILES string of the molecule is Cn1c(CCNC(=O)c2cccc(F)c2)nc2cccnc21. The van der Waals surface area contributed by atoms with E-state index in [4.69, 9.17) is 0 Å². The van der Waals surface area contributed by atoms with Crippen LogP contribution in [0.1, 0.15) is 16.2 Å². The number of nitrogens with zero attached hydrogens (tertiary/aromatic N) is 3. The van der Waals surface area contributed by atoms with Gasteiger partial charge in [0.1, 0.15) is 17.2 Å². The number of carbonyl (C=O) groups excluding carboxylic acids is 1. The maximum absolute atomic E-state index is 13.1. The van der Waals surface area contributed by atoms with Crippen LogP contribution in [-0.2, 0) is 13.5 Å². The highest BCUT2D eigenvalue weighted by Gasteiger charge is 2.09. The minimum Gasteiger partial charge on any atom is -0.352 e. The number of aromatic nitrogens is 3. The topological polar surface area (TPSA) is 59.8 Å². The van der Waals surface area contributed by atoms with Crippen molar-refractivity contribution in [3.63, 3.8) is 0 Å². The second-order valence-corrected chi connectivity index (χ2v) is 4.95. The maximum Gasteiger partial charge on any atom is 0.251 e. The Balaban J connectivity index is 1.65. The van der Waals surface area contributed by atoms with Crippen LogP contribution in [0.4, 0.5) is 4.39 Å². The van der Waals surface area contributed by atoms with Crippen LogP contribution >= 0.6 is 0 Å². The Morgan fingerprint density at radius 1 is 1.32 bits per heavy atom. The first-order valence-electron chi connectivity index (χ1n) is 6.95. The number of hydrogen-bond donors (Lipinski definition) is 1. The van der Waals surface area contributed by atoms with Gasteiger partial charge in [0.25, 0.3) is 5.91 Å². The quantitative estimate of drug-likeness (QED) is 0.802. The fourth-order valence-corrected chi connectivity index (χ4v) is 2.31. The maximum atomic E-state index is 13.1. The second kappa shape index (κ2) is 5.93. The van der Waals surface area contributed by atoms with Gasteiger partial charge in [0.2, 0.25) is 0 Å². The molecule has 0 atom stereocenters. The second-order valence-electron chi connectivity index (χ2n) is 4.95. The summed E-state index contributed by atoms with van der Waals surface area (Å²) in [6.07, 6.45) is 2.30. The third-order valence-corrected chi connectivity index (χ3v) is 3.44. The van der Waals surface area contributed by atoms with Gasteiger partial charge in [0, 0.05) is 31.8 Å². The molecule has 22 heavy (non-hydrogen) atoms. The third-order valence-electron chi connectivity index (χ3n) is 3.44. The molecular formula is C16H15FN4O. The third kappa shape index (κ3) is 2.81. The van der Waals surface area contributed by atoms with E-state index in [-0.39, 0.29) is 5.91 Å². The van der Waals surface area contributed by atoms with Crippen LogP contribution in [-0.4, -0.2) is 27.0 Å². The molecule has 112 valence electrons. The van der Waals surface area contributed by atoms with E-state index in [0.717, 1.165) is 17.0 Å². The Morgan fingerprint density at radius 2 is 2.18 bits per heavy atom. The fourth-order valence-electron chi connectivity index (χ4n) is 2.31. The zero-order chi connectivity index (χ0) is 15.5. The monoisotopic (exact) mass is 298 g/mol. The molecular weight excluding hydrogens is 283 g/mol. The molecule has 6 heteroatoms. The van der Waals surface area contributed by atoms with Gasteiger partial charge in [-0.25, -0.2) is 14.4 Å². The zero-order valence-corrected chi connectivity index (χ0v) is 12.1. The molecule has 0 bridgehead atoms. The lowest BCUT2D eigenvalue weighted by Crippen LogP contribution is -2.26. The molecule has 0 aliphatic heterocycles. The van der Waals surface area contributed by atoms with Crippen molar-refractivity contribution in [3.05, 3.63) is 59.8 Å². The largest absolute Gasteiger partial charge is 0.352 e. The number of nitrogens with one attached hydrogen (secondary N) is 1. The lowest BCUT2D eigenvalue weighted by atomic mass is 10.2. The van der Waals surface area contributed by atoms with E-state index in [1.165, 1.54) is 18.2 Å². The lowest BCUT2D eigenvalue weighted by Gasteiger charge is -2.05. The average Bonchev–Trinajstić information content (AvgIpc) is 2.84. The first kappa shape index (κ1) is 14.2. The Kier molecular flexibility index (Phi) is 3.82. The van der Waals surface area contributed by atoms with E-state index >= 15 is 0 Å². The number of halogens is 1. The molecule has 2 aromatic heterocycles. The van der Waals surface area contributed by atoms with Crippen LogP contribution in [0.2, 0.25) is 0 Å². The van der Waals surface area contributed by atoms with Gasteiger partial charge in [-0.3, -0.25) is 4.79 Å². The number of hydrogen-bond acceptors (Lipinski definition) is 3. The Morgan fingerprint density at radius 3 is 2.95 bits per heavy atom. The summed E-state index contributed by atoms with van der Waals surface area (Å²) in [6, 6.07) is 9.36. The summed E-state index contributed by atoms with van der Waals surface area (Å²) in [5.41, 5.74) is 1.96. The minimum atomic E-state index is -0.422. The molecule has 0 unspecified atom stereocenters. The number of aryl methyl sites for hydroxylation is 1. The Labute approximate surface area is 126 Å². The molecule has 0 saturated carbocycles. The first-order valence-corrected chi connectivity index (χ1v) is 6.95.